The van der Waals surface area contributed by atoms with Gasteiger partial charge in [-0.25, -0.2) is 4.98 Å². The van der Waals surface area contributed by atoms with Crippen LogP contribution in [0.5, 0.6) is 0 Å². The number of aromatic nitrogens is 4. The summed E-state index contributed by atoms with van der Waals surface area (Å²) < 4.78 is 5.55. The Morgan fingerprint density at radius 1 is 1.24 bits per heavy atom. The molecule has 4 aromatic rings. The Kier molecular flexibility index (Phi) is 4.40. The van der Waals surface area contributed by atoms with Crippen LogP contribution in [0.3, 0.4) is 0 Å². The lowest BCUT2D eigenvalue weighted by Gasteiger charge is -2.21. The topological polar surface area (TPSA) is 122 Å². The predicted octanol–water partition coefficient (Wildman–Crippen LogP) is 2.87. The van der Waals surface area contributed by atoms with Crippen molar-refractivity contribution in [3.8, 4) is 11.3 Å². The molecule has 4 heterocycles. The summed E-state index contributed by atoms with van der Waals surface area (Å²) in [5.74, 6) is 0.391. The fourth-order valence-electron chi connectivity index (χ4n) is 3.87. The van der Waals surface area contributed by atoms with Crippen molar-refractivity contribution in [2.75, 3.05) is 12.3 Å². The number of fused-ring (bicyclic) bond motifs is 3. The van der Waals surface area contributed by atoms with Crippen molar-refractivity contribution in [1.29, 1.82) is 0 Å². The van der Waals surface area contributed by atoms with Crippen LogP contribution in [0.4, 0.5) is 5.82 Å². The van der Waals surface area contributed by atoms with Crippen LogP contribution in [-0.4, -0.2) is 38.8 Å². The van der Waals surface area contributed by atoms with Crippen molar-refractivity contribution in [2.45, 2.75) is 31.9 Å². The molecule has 1 aromatic carbocycles. The van der Waals surface area contributed by atoms with E-state index in [1.54, 1.807) is 6.20 Å². The van der Waals surface area contributed by atoms with Gasteiger partial charge in [0.05, 0.1) is 23.3 Å². The third-order valence-corrected chi connectivity index (χ3v) is 5.39. The minimum atomic E-state index is -0.346. The first kappa shape index (κ1) is 17.7. The maximum Gasteiger partial charge on any atom is 0.249 e. The molecule has 8 nitrogen and oxygen atoms in total. The second-order valence-corrected chi connectivity index (χ2v) is 7.36. The zero-order valence-electron chi connectivity index (χ0n) is 15.9. The Balaban J connectivity index is 1.43. The average molecular weight is 390 g/mol. The van der Waals surface area contributed by atoms with Gasteiger partial charge in [0, 0.05) is 34.8 Å². The van der Waals surface area contributed by atoms with Gasteiger partial charge in [0.1, 0.15) is 11.9 Å². The van der Waals surface area contributed by atoms with Gasteiger partial charge < -0.3 is 20.8 Å². The Morgan fingerprint density at radius 2 is 2.17 bits per heavy atom. The molecule has 29 heavy (non-hydrogen) atoms. The number of hydrogen-bond donors (Lipinski definition) is 4. The summed E-state index contributed by atoms with van der Waals surface area (Å²) in [5.41, 5.74) is 10.7. The maximum atomic E-state index is 12.3. The largest absolute Gasteiger partial charge is 0.383 e. The van der Waals surface area contributed by atoms with Crippen molar-refractivity contribution in [1.82, 2.24) is 25.5 Å². The fraction of sp³-hybridized carbons (Fsp3) is 0.286. The van der Waals surface area contributed by atoms with Crippen LogP contribution >= 0.6 is 0 Å². The zero-order chi connectivity index (χ0) is 19.8. The number of rotatable bonds is 4. The molecule has 1 unspecified atom stereocenters. The smallest absolute Gasteiger partial charge is 0.249 e. The van der Waals surface area contributed by atoms with E-state index in [1.165, 1.54) is 0 Å². The number of ether oxygens (including phenoxy) is 1. The summed E-state index contributed by atoms with van der Waals surface area (Å²) in [6.45, 7) is 1.04. The van der Waals surface area contributed by atoms with Crippen LogP contribution in [0.1, 0.15) is 25.0 Å². The van der Waals surface area contributed by atoms with E-state index in [1.807, 2.05) is 30.3 Å². The van der Waals surface area contributed by atoms with Crippen molar-refractivity contribution in [2.24, 2.45) is 0 Å². The molecular formula is C21H22N6O2. The highest BCUT2D eigenvalue weighted by Crippen LogP contribution is 2.30. The van der Waals surface area contributed by atoms with Crippen LogP contribution in [0.15, 0.2) is 36.5 Å². The third-order valence-electron chi connectivity index (χ3n) is 5.39. The molecule has 0 aliphatic carbocycles. The Morgan fingerprint density at radius 3 is 2.97 bits per heavy atom. The first-order valence-corrected chi connectivity index (χ1v) is 9.79. The molecule has 1 fully saturated rings. The van der Waals surface area contributed by atoms with Gasteiger partial charge in [-0.2, -0.15) is 5.10 Å². The standard InChI is InChI=1S/C21H22N6O2/c22-20-15-10-13(11-23-21(28)18-3-1-2-8-29-18)25-19(15)14-5-4-12(9-17(14)26-20)16-6-7-24-27-16/h4-7,9-10,18,25H,1-3,8,11H2,(H2,22,26)(H,23,28)(H,24,27). The minimum absolute atomic E-state index is 0.0662. The van der Waals surface area contributed by atoms with Gasteiger partial charge in [-0.3, -0.25) is 9.89 Å². The molecule has 0 bridgehead atoms. The van der Waals surface area contributed by atoms with Crippen LogP contribution < -0.4 is 11.1 Å². The highest BCUT2D eigenvalue weighted by atomic mass is 16.5. The number of H-pyrrole nitrogens is 2. The number of nitrogens with two attached hydrogens (primary N) is 1. The van der Waals surface area contributed by atoms with Gasteiger partial charge in [0.25, 0.3) is 0 Å². The lowest BCUT2D eigenvalue weighted by atomic mass is 10.1. The molecule has 0 spiro atoms. The van der Waals surface area contributed by atoms with E-state index in [-0.39, 0.29) is 12.0 Å². The van der Waals surface area contributed by atoms with Crippen molar-refractivity contribution < 1.29 is 9.53 Å². The first-order valence-electron chi connectivity index (χ1n) is 9.79. The highest BCUT2D eigenvalue weighted by Gasteiger charge is 2.21. The van der Waals surface area contributed by atoms with E-state index in [9.17, 15) is 4.79 Å². The zero-order valence-corrected chi connectivity index (χ0v) is 15.9. The summed E-state index contributed by atoms with van der Waals surface area (Å²) in [5, 5.41) is 11.7. The number of benzene rings is 1. The summed E-state index contributed by atoms with van der Waals surface area (Å²) >= 11 is 0. The molecular weight excluding hydrogens is 368 g/mol. The van der Waals surface area contributed by atoms with E-state index < -0.39 is 0 Å². The molecule has 0 radical (unpaired) electrons. The monoisotopic (exact) mass is 390 g/mol. The average Bonchev–Trinajstić information content (AvgIpc) is 3.43. The molecule has 8 heteroatoms. The summed E-state index contributed by atoms with van der Waals surface area (Å²) in [4.78, 5) is 20.3. The van der Waals surface area contributed by atoms with E-state index in [2.05, 4.69) is 25.5 Å². The number of carbonyl (C=O) groups excluding carboxylic acids is 1. The molecule has 1 amide bonds. The Bertz CT molecular complexity index is 1180. The van der Waals surface area contributed by atoms with Crippen molar-refractivity contribution in [3.63, 3.8) is 0 Å². The Hall–Kier alpha value is -3.39. The second kappa shape index (κ2) is 7.21. The Labute approximate surface area is 166 Å². The molecule has 1 atom stereocenters. The SMILES string of the molecule is Nc1nc2cc(-c3ccn[nH]3)ccc2c2[nH]c(CNC(=O)C3CCCCO3)cc12. The van der Waals surface area contributed by atoms with Gasteiger partial charge in [-0.05, 0) is 37.5 Å². The van der Waals surface area contributed by atoms with E-state index in [4.69, 9.17) is 10.5 Å². The number of carbonyl (C=O) groups is 1. The molecule has 1 aliphatic rings. The van der Waals surface area contributed by atoms with Crippen LogP contribution in [0.25, 0.3) is 33.1 Å². The van der Waals surface area contributed by atoms with E-state index in [0.29, 0.717) is 19.0 Å². The van der Waals surface area contributed by atoms with E-state index >= 15 is 0 Å². The van der Waals surface area contributed by atoms with Crippen LogP contribution in [0.2, 0.25) is 0 Å². The summed E-state index contributed by atoms with van der Waals surface area (Å²) in [7, 11) is 0. The van der Waals surface area contributed by atoms with Crippen LogP contribution in [-0.2, 0) is 16.1 Å². The van der Waals surface area contributed by atoms with Gasteiger partial charge in [0.15, 0.2) is 0 Å². The summed E-state index contributed by atoms with van der Waals surface area (Å²) in [6.07, 6.45) is 4.20. The van der Waals surface area contributed by atoms with E-state index in [0.717, 1.165) is 58.0 Å². The quantitative estimate of drug-likeness (QED) is 0.427. The van der Waals surface area contributed by atoms with Gasteiger partial charge in [-0.1, -0.05) is 12.1 Å². The normalized spacial score (nSPS) is 17.0. The van der Waals surface area contributed by atoms with Gasteiger partial charge in [-0.15, -0.1) is 0 Å². The number of hydrogen-bond acceptors (Lipinski definition) is 5. The molecule has 1 saturated heterocycles. The fourth-order valence-corrected chi connectivity index (χ4v) is 3.87. The molecule has 5 N–H and O–H groups in total. The number of aromatic amines is 2. The lowest BCUT2D eigenvalue weighted by Crippen LogP contribution is -2.38. The second-order valence-electron chi connectivity index (χ2n) is 7.36. The molecule has 5 rings (SSSR count). The summed E-state index contributed by atoms with van der Waals surface area (Å²) in [6, 6.07) is 9.89. The number of anilines is 1. The highest BCUT2D eigenvalue weighted by molar-refractivity contribution is 6.08. The number of nitrogen functional groups attached to an aromatic ring is 1. The molecule has 1 aliphatic heterocycles. The van der Waals surface area contributed by atoms with Crippen molar-refractivity contribution in [3.05, 3.63) is 42.2 Å². The number of pyridine rings is 1. The number of nitrogens with zero attached hydrogens (tertiary/aromatic N) is 2. The third kappa shape index (κ3) is 3.31. The minimum Gasteiger partial charge on any atom is -0.383 e. The molecule has 0 saturated carbocycles. The molecule has 3 aromatic heterocycles. The number of nitrogens with one attached hydrogen (secondary N) is 3. The van der Waals surface area contributed by atoms with Gasteiger partial charge in [0.2, 0.25) is 5.91 Å². The molecule has 148 valence electrons. The maximum absolute atomic E-state index is 12.3. The van der Waals surface area contributed by atoms with Crippen LogP contribution in [0, 0.1) is 0 Å². The number of amides is 1. The lowest BCUT2D eigenvalue weighted by molar-refractivity contribution is -0.135. The van der Waals surface area contributed by atoms with Gasteiger partial charge >= 0.3 is 0 Å². The predicted molar refractivity (Wildman–Crippen MR) is 111 cm³/mol. The first-order chi connectivity index (χ1) is 14.2. The van der Waals surface area contributed by atoms with Crippen molar-refractivity contribution >= 4 is 33.5 Å².